The molecule has 0 saturated carbocycles. The van der Waals surface area contributed by atoms with Crippen LogP contribution >= 0.6 is 8.26 Å². The minimum Gasteiger partial charge on any atom is -0.388 e. The van der Waals surface area contributed by atoms with E-state index in [1.165, 1.54) is 0 Å². The van der Waals surface area contributed by atoms with Crippen LogP contribution < -0.4 is 0 Å². The van der Waals surface area contributed by atoms with E-state index >= 15 is 0 Å². The molecule has 3 unspecified atom stereocenters. The monoisotopic (exact) mass is 188 g/mol. The molecule has 1 saturated heterocycles. The Morgan fingerprint density at radius 3 is 3.25 bits per heavy atom. The van der Waals surface area contributed by atoms with Crippen molar-refractivity contribution in [2.75, 3.05) is 6.61 Å². The van der Waals surface area contributed by atoms with Crippen LogP contribution in [0.1, 0.15) is 0 Å². The van der Waals surface area contributed by atoms with Crippen LogP contribution in [0.5, 0.6) is 0 Å². The topological polar surface area (TPSA) is 47.9 Å². The second kappa shape index (κ2) is 3.39. The summed E-state index contributed by atoms with van der Waals surface area (Å²) in [6.45, 7) is 0.484. The van der Waals surface area contributed by atoms with E-state index in [9.17, 15) is 5.11 Å². The van der Waals surface area contributed by atoms with Crippen molar-refractivity contribution in [3.8, 4) is 5.81 Å². The van der Waals surface area contributed by atoms with Crippen LogP contribution in [-0.2, 0) is 14.0 Å². The van der Waals surface area contributed by atoms with E-state index in [1.54, 1.807) is 0 Å². The molecule has 0 aromatic rings. The molecule has 0 radical (unpaired) electrons. The summed E-state index contributed by atoms with van der Waals surface area (Å²) >= 11 is 0. The van der Waals surface area contributed by atoms with Crippen molar-refractivity contribution in [1.29, 1.82) is 0 Å². The molecule has 2 aliphatic heterocycles. The number of fused-ring (bicyclic) bond motifs is 1. The van der Waals surface area contributed by atoms with Gasteiger partial charge in [-0.2, -0.15) is 0 Å². The van der Waals surface area contributed by atoms with Crippen molar-refractivity contribution in [2.24, 2.45) is 0 Å². The Morgan fingerprint density at radius 1 is 1.58 bits per heavy atom. The highest BCUT2D eigenvalue weighted by Crippen LogP contribution is 2.25. The first-order chi connectivity index (χ1) is 5.79. The molecular formula is C6H10BO4P. The summed E-state index contributed by atoms with van der Waals surface area (Å²) in [6, 6.07) is -0.174. The fourth-order valence-electron chi connectivity index (χ4n) is 1.45. The highest BCUT2D eigenvalue weighted by Gasteiger charge is 2.42. The van der Waals surface area contributed by atoms with E-state index in [-0.39, 0.29) is 26.5 Å². The van der Waals surface area contributed by atoms with Gasteiger partial charge in [-0.1, -0.05) is 0 Å². The molecule has 66 valence electrons. The van der Waals surface area contributed by atoms with Crippen molar-refractivity contribution in [1.82, 2.24) is 0 Å². The van der Waals surface area contributed by atoms with Crippen molar-refractivity contribution in [3.05, 3.63) is 0 Å². The third-order valence-corrected chi connectivity index (χ3v) is 2.64. The maximum absolute atomic E-state index is 9.58. The maximum atomic E-state index is 9.58. The molecule has 0 spiro atoms. The molecule has 12 heavy (non-hydrogen) atoms. The molecule has 0 aromatic heterocycles. The summed E-state index contributed by atoms with van der Waals surface area (Å²) in [6.07, 6.45) is -0.999. The van der Waals surface area contributed by atoms with Gasteiger partial charge in [0.2, 0.25) is 0 Å². The summed E-state index contributed by atoms with van der Waals surface area (Å²) in [5.74, 6) is 2.64. The van der Waals surface area contributed by atoms with Gasteiger partial charge in [0.15, 0.2) is 0 Å². The van der Waals surface area contributed by atoms with E-state index in [2.05, 4.69) is 5.81 Å². The van der Waals surface area contributed by atoms with Crippen LogP contribution in [0, 0.1) is 5.81 Å². The number of rotatable bonds is 0. The first-order valence-corrected chi connectivity index (χ1v) is 4.81. The van der Waals surface area contributed by atoms with Crippen LogP contribution in [0.4, 0.5) is 0 Å². The molecule has 0 bridgehead atoms. The fraction of sp³-hybridized carbons (Fsp3) is 0.833. The Hall–Kier alpha value is -0.0151. The number of hydrogen-bond acceptors (Lipinski definition) is 4. The number of ether oxygens (including phenoxy) is 2. The van der Waals surface area contributed by atoms with Crippen molar-refractivity contribution >= 4 is 16.1 Å². The second-order valence-electron chi connectivity index (χ2n) is 2.97. The minimum atomic E-state index is -0.561. The first kappa shape index (κ1) is 8.58. The Kier molecular flexibility index (Phi) is 2.42. The summed E-state index contributed by atoms with van der Waals surface area (Å²) < 4.78 is 15.8. The molecule has 1 N–H and O–H groups in total. The normalized spacial score (nSPS) is 47.8. The molecule has 0 aliphatic carbocycles. The van der Waals surface area contributed by atoms with Gasteiger partial charge in [-0.15, -0.1) is 0 Å². The van der Waals surface area contributed by atoms with Crippen LogP contribution in [0.3, 0.4) is 0 Å². The lowest BCUT2D eigenvalue weighted by Gasteiger charge is -2.14. The summed E-state index contributed by atoms with van der Waals surface area (Å²) in [5, 5.41) is 9.58. The first-order valence-electron chi connectivity index (χ1n) is 3.90. The Bertz CT molecular complexity index is 237. The smallest absolute Gasteiger partial charge is 0.142 e. The number of aliphatic hydroxyl groups excluding tert-OH is 1. The average Bonchev–Trinajstić information content (AvgIpc) is 2.30. The molecule has 6 heteroatoms. The highest BCUT2D eigenvalue weighted by molar-refractivity contribution is 7.20. The number of hydrogen-bond donors (Lipinski definition) is 1. The second-order valence-corrected chi connectivity index (χ2v) is 3.66. The zero-order valence-corrected chi connectivity index (χ0v) is 7.69. The molecular weight excluding hydrogens is 178 g/mol. The summed E-state index contributed by atoms with van der Waals surface area (Å²) in [5.41, 5.74) is 0. The van der Waals surface area contributed by atoms with Gasteiger partial charge in [0, 0.05) is 14.1 Å². The standard InChI is InChI=1S/C6H10BO4P/c7-6-4(8)5-3(11-6)1-10-12-2-9-5/h3-6,8,12H,1,7H2/t3?,4-,5-,6?/m1/s1. The Balaban J connectivity index is 2.11. The third-order valence-electron chi connectivity index (χ3n) is 2.13. The quantitative estimate of drug-likeness (QED) is 0.376. The van der Waals surface area contributed by atoms with E-state index in [0.717, 1.165) is 0 Å². The zero-order valence-electron chi connectivity index (χ0n) is 6.69. The van der Waals surface area contributed by atoms with Crippen molar-refractivity contribution in [3.63, 3.8) is 0 Å². The van der Waals surface area contributed by atoms with Gasteiger partial charge in [0.1, 0.15) is 26.2 Å². The predicted octanol–water partition coefficient (Wildman–Crippen LogP) is -1.37. The highest BCUT2D eigenvalue weighted by atomic mass is 31.1. The molecule has 1 fully saturated rings. The van der Waals surface area contributed by atoms with Gasteiger partial charge in [-0.3, -0.25) is 4.74 Å². The van der Waals surface area contributed by atoms with Crippen molar-refractivity contribution in [2.45, 2.75) is 24.3 Å². The minimum absolute atomic E-state index is 0.122. The van der Waals surface area contributed by atoms with Gasteiger partial charge in [-0.05, 0) is 0 Å². The molecule has 2 heterocycles. The Morgan fingerprint density at radius 2 is 2.42 bits per heavy atom. The molecule has 0 aromatic carbocycles. The van der Waals surface area contributed by atoms with Gasteiger partial charge >= 0.3 is 0 Å². The van der Waals surface area contributed by atoms with E-state index in [4.69, 9.17) is 14.0 Å². The third kappa shape index (κ3) is 1.40. The SMILES string of the molecule is BC1OC2CO[PH]#CO[C@H]2[C@H]1O. The average molecular weight is 188 g/mol. The van der Waals surface area contributed by atoms with Crippen molar-refractivity contribution < 1.29 is 19.1 Å². The lowest BCUT2D eigenvalue weighted by atomic mass is 9.93. The van der Waals surface area contributed by atoms with Gasteiger partial charge in [-0.25, -0.2) is 0 Å². The largest absolute Gasteiger partial charge is 0.388 e. The zero-order chi connectivity index (χ0) is 8.55. The molecule has 2 aliphatic rings. The number of aliphatic hydroxyl groups is 1. The summed E-state index contributed by atoms with van der Waals surface area (Å²) in [7, 11) is 1.95. The summed E-state index contributed by atoms with van der Waals surface area (Å²) in [4.78, 5) is 0. The maximum Gasteiger partial charge on any atom is 0.142 e. The van der Waals surface area contributed by atoms with Crippen LogP contribution in [0.25, 0.3) is 0 Å². The van der Waals surface area contributed by atoms with E-state index in [1.807, 2.05) is 7.85 Å². The Labute approximate surface area is 72.8 Å². The van der Waals surface area contributed by atoms with Crippen LogP contribution in [0.15, 0.2) is 0 Å². The molecule has 2 rings (SSSR count). The van der Waals surface area contributed by atoms with E-state index < -0.39 is 6.10 Å². The predicted molar refractivity (Wildman–Crippen MR) is 46.2 cm³/mol. The lowest BCUT2D eigenvalue weighted by molar-refractivity contribution is 0.00621. The van der Waals surface area contributed by atoms with Crippen LogP contribution in [-0.4, -0.2) is 43.9 Å². The van der Waals surface area contributed by atoms with Gasteiger partial charge in [0.25, 0.3) is 0 Å². The van der Waals surface area contributed by atoms with E-state index in [0.29, 0.717) is 6.61 Å². The molecule has 0 amide bonds. The fourth-order valence-corrected chi connectivity index (χ4v) is 1.94. The van der Waals surface area contributed by atoms with Gasteiger partial charge < -0.3 is 14.4 Å². The lowest BCUT2D eigenvalue weighted by Crippen LogP contribution is -2.35. The van der Waals surface area contributed by atoms with Gasteiger partial charge in [0.05, 0.1) is 12.6 Å². The molecule has 4 nitrogen and oxygen atoms in total. The van der Waals surface area contributed by atoms with Crippen LogP contribution in [0.2, 0.25) is 0 Å². The molecule has 5 atom stereocenters.